The van der Waals surface area contributed by atoms with E-state index in [2.05, 4.69) is 10.0 Å². The minimum Gasteiger partial charge on any atom is -0.356 e. The number of sulfonamides is 1. The summed E-state index contributed by atoms with van der Waals surface area (Å²) in [5.41, 5.74) is 0. The molecule has 0 unspecified atom stereocenters. The van der Waals surface area contributed by atoms with E-state index in [0.29, 0.717) is 17.5 Å². The Balaban J connectivity index is 1.85. The van der Waals surface area contributed by atoms with Gasteiger partial charge in [-0.2, -0.15) is 0 Å². The van der Waals surface area contributed by atoms with Gasteiger partial charge in [-0.25, -0.2) is 13.1 Å². The van der Waals surface area contributed by atoms with E-state index in [-0.39, 0.29) is 0 Å². The van der Waals surface area contributed by atoms with Crippen LogP contribution in [0.25, 0.3) is 0 Å². The van der Waals surface area contributed by atoms with Crippen molar-refractivity contribution in [2.24, 2.45) is 7.05 Å². The number of nitrogens with zero attached hydrogens (tertiary/aromatic N) is 1. The van der Waals surface area contributed by atoms with Gasteiger partial charge in [0.05, 0.1) is 4.90 Å². The molecule has 1 aliphatic heterocycles. The molecule has 0 bridgehead atoms. The van der Waals surface area contributed by atoms with Gasteiger partial charge in [0.25, 0.3) is 0 Å². The molecule has 1 aliphatic rings. The molecule has 5 nitrogen and oxygen atoms in total. The third-order valence-corrected chi connectivity index (χ3v) is 4.51. The maximum absolute atomic E-state index is 11.9. The zero-order valence-corrected chi connectivity index (χ0v) is 10.8. The molecule has 1 atom stereocenters. The molecule has 0 aliphatic carbocycles. The van der Waals surface area contributed by atoms with Crippen LogP contribution in [-0.2, 0) is 17.1 Å². The van der Waals surface area contributed by atoms with Crippen LogP contribution in [-0.4, -0.2) is 32.1 Å². The lowest BCUT2D eigenvalue weighted by Crippen LogP contribution is -2.30. The zero-order valence-electron chi connectivity index (χ0n) is 10.0. The van der Waals surface area contributed by atoms with Crippen molar-refractivity contribution in [3.8, 4) is 0 Å². The van der Waals surface area contributed by atoms with E-state index in [1.54, 1.807) is 23.0 Å². The van der Waals surface area contributed by atoms with E-state index in [1.165, 1.54) is 6.42 Å². The first kappa shape index (κ1) is 12.6. The number of hydrogen-bond acceptors (Lipinski definition) is 3. The molecule has 0 saturated carbocycles. The summed E-state index contributed by atoms with van der Waals surface area (Å²) in [6.07, 6.45) is 6.53. The topological polar surface area (TPSA) is 63.1 Å². The number of aryl methyl sites for hydroxylation is 1. The second-order valence-corrected chi connectivity index (χ2v) is 6.26. The fourth-order valence-corrected chi connectivity index (χ4v) is 3.19. The summed E-state index contributed by atoms with van der Waals surface area (Å²) >= 11 is 0. The number of nitrogens with one attached hydrogen (secondary N) is 2. The van der Waals surface area contributed by atoms with Gasteiger partial charge in [-0.15, -0.1) is 0 Å². The molecule has 17 heavy (non-hydrogen) atoms. The average Bonchev–Trinajstić information content (AvgIpc) is 2.89. The highest BCUT2D eigenvalue weighted by molar-refractivity contribution is 7.89. The summed E-state index contributed by atoms with van der Waals surface area (Å²) in [5.74, 6) is 0. The van der Waals surface area contributed by atoms with Crippen LogP contribution in [0.4, 0.5) is 0 Å². The second-order valence-electron chi connectivity index (χ2n) is 4.49. The molecule has 1 aromatic heterocycles. The van der Waals surface area contributed by atoms with E-state index in [0.717, 1.165) is 19.4 Å². The van der Waals surface area contributed by atoms with Crippen LogP contribution in [0.15, 0.2) is 23.4 Å². The second kappa shape index (κ2) is 5.20. The third kappa shape index (κ3) is 3.31. The van der Waals surface area contributed by atoms with Crippen LogP contribution in [0.2, 0.25) is 0 Å². The van der Waals surface area contributed by atoms with Crippen LogP contribution < -0.4 is 10.0 Å². The van der Waals surface area contributed by atoms with Crippen LogP contribution in [0.5, 0.6) is 0 Å². The molecule has 1 fully saturated rings. The Bertz CT molecular complexity index is 461. The lowest BCUT2D eigenvalue weighted by molar-refractivity contribution is 0.539. The smallest absolute Gasteiger partial charge is 0.242 e. The Hall–Kier alpha value is -0.850. The SMILES string of the molecule is Cn1ccc(S(=O)(=O)NCC[C@@H]2CCCN2)c1. The van der Waals surface area contributed by atoms with Gasteiger partial charge in [0.15, 0.2) is 0 Å². The molecule has 0 spiro atoms. The van der Waals surface area contributed by atoms with Gasteiger partial charge in [0.1, 0.15) is 0 Å². The van der Waals surface area contributed by atoms with Crippen LogP contribution in [0, 0.1) is 0 Å². The molecule has 96 valence electrons. The molecule has 0 radical (unpaired) electrons. The molecule has 6 heteroatoms. The Morgan fingerprint density at radius 2 is 2.41 bits per heavy atom. The highest BCUT2D eigenvalue weighted by atomic mass is 32.2. The minimum atomic E-state index is -3.33. The number of hydrogen-bond donors (Lipinski definition) is 2. The van der Waals surface area contributed by atoms with E-state index in [4.69, 9.17) is 0 Å². The monoisotopic (exact) mass is 257 g/mol. The summed E-state index contributed by atoms with van der Waals surface area (Å²) in [5, 5.41) is 3.35. The normalized spacial score (nSPS) is 20.9. The van der Waals surface area contributed by atoms with Crippen molar-refractivity contribution in [1.29, 1.82) is 0 Å². The molecule has 0 aromatic carbocycles. The van der Waals surface area contributed by atoms with Crippen molar-refractivity contribution in [2.75, 3.05) is 13.1 Å². The molecule has 2 N–H and O–H groups in total. The fourth-order valence-electron chi connectivity index (χ4n) is 2.09. The van der Waals surface area contributed by atoms with Crippen molar-refractivity contribution in [3.63, 3.8) is 0 Å². The lowest BCUT2D eigenvalue weighted by atomic mass is 10.2. The average molecular weight is 257 g/mol. The van der Waals surface area contributed by atoms with Gasteiger partial charge in [-0.1, -0.05) is 0 Å². The zero-order chi connectivity index (χ0) is 12.3. The summed E-state index contributed by atoms with van der Waals surface area (Å²) < 4.78 is 28.1. The van der Waals surface area contributed by atoms with Gasteiger partial charge < -0.3 is 9.88 Å². The molecule has 2 heterocycles. The van der Waals surface area contributed by atoms with Crippen molar-refractivity contribution < 1.29 is 8.42 Å². The van der Waals surface area contributed by atoms with Gasteiger partial charge in [-0.3, -0.25) is 0 Å². The van der Waals surface area contributed by atoms with E-state index in [9.17, 15) is 8.42 Å². The first-order valence-corrected chi connectivity index (χ1v) is 7.41. The highest BCUT2D eigenvalue weighted by Gasteiger charge is 2.17. The molecular weight excluding hydrogens is 238 g/mol. The number of aromatic nitrogens is 1. The van der Waals surface area contributed by atoms with E-state index >= 15 is 0 Å². The number of rotatable bonds is 5. The largest absolute Gasteiger partial charge is 0.356 e. The van der Waals surface area contributed by atoms with Gasteiger partial charge in [-0.05, 0) is 31.9 Å². The lowest BCUT2D eigenvalue weighted by Gasteiger charge is -2.10. The maximum Gasteiger partial charge on any atom is 0.242 e. The predicted molar refractivity (Wildman–Crippen MR) is 66.2 cm³/mol. The molecule has 1 saturated heterocycles. The minimum absolute atomic E-state index is 0.333. The fraction of sp³-hybridized carbons (Fsp3) is 0.636. The summed E-state index contributed by atoms with van der Waals surface area (Å²) in [7, 11) is -1.52. The van der Waals surface area contributed by atoms with Crippen LogP contribution >= 0.6 is 0 Å². The van der Waals surface area contributed by atoms with Gasteiger partial charge >= 0.3 is 0 Å². The van der Waals surface area contributed by atoms with E-state index in [1.807, 2.05) is 7.05 Å². The van der Waals surface area contributed by atoms with E-state index < -0.39 is 10.0 Å². The summed E-state index contributed by atoms with van der Waals surface area (Å²) in [6.45, 7) is 1.55. The van der Waals surface area contributed by atoms with Crippen molar-refractivity contribution in [3.05, 3.63) is 18.5 Å². The van der Waals surface area contributed by atoms with Crippen molar-refractivity contribution in [2.45, 2.75) is 30.2 Å². The maximum atomic E-state index is 11.9. The van der Waals surface area contributed by atoms with Crippen molar-refractivity contribution in [1.82, 2.24) is 14.6 Å². The highest BCUT2D eigenvalue weighted by Crippen LogP contribution is 2.10. The van der Waals surface area contributed by atoms with Gasteiger partial charge in [0.2, 0.25) is 10.0 Å². The summed E-state index contributed by atoms with van der Waals surface area (Å²) in [4.78, 5) is 0.333. The van der Waals surface area contributed by atoms with Gasteiger partial charge in [0, 0.05) is 32.0 Å². The molecule has 2 rings (SSSR count). The van der Waals surface area contributed by atoms with Crippen LogP contribution in [0.3, 0.4) is 0 Å². The predicted octanol–water partition coefficient (Wildman–Crippen LogP) is 0.445. The van der Waals surface area contributed by atoms with Crippen molar-refractivity contribution >= 4 is 10.0 Å². The van der Waals surface area contributed by atoms with Crippen LogP contribution in [0.1, 0.15) is 19.3 Å². The third-order valence-electron chi connectivity index (χ3n) is 3.06. The standard InChI is InChI=1S/C11H19N3O2S/c1-14-8-5-11(9-14)17(15,16)13-7-4-10-3-2-6-12-10/h5,8-10,12-13H,2-4,6-7H2,1H3/t10-/m0/s1. The Morgan fingerprint density at radius 1 is 1.59 bits per heavy atom. The first-order valence-electron chi connectivity index (χ1n) is 5.93. The molecule has 1 aromatic rings. The summed E-state index contributed by atoms with van der Waals surface area (Å²) in [6, 6.07) is 2.07. The Kier molecular flexibility index (Phi) is 3.86. The molecule has 0 amide bonds. The first-order chi connectivity index (χ1) is 8.08. The Labute approximate surface area is 102 Å². The Morgan fingerprint density at radius 3 is 3.00 bits per heavy atom. The molecular formula is C11H19N3O2S. The quantitative estimate of drug-likeness (QED) is 0.805.